The predicted molar refractivity (Wildman–Crippen MR) is 136 cm³/mol. The molecule has 6 rings (SSSR count). The van der Waals surface area contributed by atoms with Crippen LogP contribution in [0.1, 0.15) is 64.2 Å². The number of hydrogen-bond acceptors (Lipinski definition) is 7. The molecule has 0 bridgehead atoms. The lowest BCUT2D eigenvalue weighted by atomic mass is 9.74. The minimum Gasteiger partial charge on any atom is -0.445 e. The summed E-state index contributed by atoms with van der Waals surface area (Å²) in [6.07, 6.45) is 0.766. The fourth-order valence-corrected chi connectivity index (χ4v) is 6.39. The summed E-state index contributed by atoms with van der Waals surface area (Å²) in [4.78, 5) is 54.7. The lowest BCUT2D eigenvalue weighted by Gasteiger charge is -2.36. The third-order valence-electron chi connectivity index (χ3n) is 7.81. The molecule has 2 aromatic carbocycles. The second-order valence-electron chi connectivity index (χ2n) is 10.2. The first kappa shape index (κ1) is 25.4. The highest BCUT2D eigenvalue weighted by Crippen LogP contribution is 2.43. The zero-order valence-electron chi connectivity index (χ0n) is 20.9. The van der Waals surface area contributed by atoms with E-state index in [1.165, 1.54) is 28.4 Å². The van der Waals surface area contributed by atoms with E-state index in [0.717, 1.165) is 15.8 Å². The van der Waals surface area contributed by atoms with Crippen LogP contribution >= 0.6 is 11.3 Å². The highest BCUT2D eigenvalue weighted by atomic mass is 32.1. The molecule has 1 atom stereocenters. The van der Waals surface area contributed by atoms with Crippen LogP contribution in [0.15, 0.2) is 23.7 Å². The number of rotatable bonds is 5. The van der Waals surface area contributed by atoms with Crippen LogP contribution in [-0.2, 0) is 27.5 Å². The Balaban J connectivity index is 1.06. The largest absolute Gasteiger partial charge is 0.445 e. The number of thiazole rings is 1. The quantitative estimate of drug-likeness (QED) is 0.463. The molecule has 202 valence electrons. The van der Waals surface area contributed by atoms with Gasteiger partial charge in [-0.25, -0.2) is 18.6 Å². The monoisotopic (exact) mass is 554 g/mol. The van der Waals surface area contributed by atoms with E-state index in [1.54, 1.807) is 18.5 Å². The number of carbonyl (C=O) groups excluding carboxylic acids is 4. The van der Waals surface area contributed by atoms with Crippen LogP contribution in [0.25, 0.3) is 10.2 Å². The van der Waals surface area contributed by atoms with Crippen molar-refractivity contribution < 1.29 is 32.7 Å². The van der Waals surface area contributed by atoms with Gasteiger partial charge >= 0.3 is 6.09 Å². The number of nitrogens with one attached hydrogen (secondary N) is 2. The van der Waals surface area contributed by atoms with E-state index in [-0.39, 0.29) is 54.9 Å². The number of piperidine rings is 1. The van der Waals surface area contributed by atoms with Crippen LogP contribution in [0.2, 0.25) is 0 Å². The maximum absolute atomic E-state index is 15.3. The Morgan fingerprint density at radius 1 is 1.26 bits per heavy atom. The molecule has 0 spiro atoms. The van der Waals surface area contributed by atoms with E-state index < -0.39 is 35.7 Å². The number of halogens is 2. The van der Waals surface area contributed by atoms with Crippen molar-refractivity contribution in [2.45, 2.75) is 63.8 Å². The molecule has 4 amide bonds. The van der Waals surface area contributed by atoms with Crippen molar-refractivity contribution in [1.82, 2.24) is 20.5 Å². The second kappa shape index (κ2) is 9.67. The van der Waals surface area contributed by atoms with E-state index >= 15 is 4.39 Å². The SMILES string of the molecule is Cc1c(F)cc2scnc2c1C1CC(NC(=O)OCc2ccc3c(c2F)C(=O)N(C2CCC(=O)NC2=O)C3)C1. The number of alkyl carbamates (subject to hydrolysis) is 1. The number of aromatic nitrogens is 1. The van der Waals surface area contributed by atoms with Crippen LogP contribution in [0, 0.1) is 18.6 Å². The molecule has 1 aliphatic carbocycles. The van der Waals surface area contributed by atoms with E-state index in [0.29, 0.717) is 24.0 Å². The van der Waals surface area contributed by atoms with E-state index in [1.807, 2.05) is 0 Å². The Kier molecular flexibility index (Phi) is 6.29. The van der Waals surface area contributed by atoms with Gasteiger partial charge in [0.05, 0.1) is 21.3 Å². The number of hydrogen-bond donors (Lipinski definition) is 2. The van der Waals surface area contributed by atoms with Gasteiger partial charge in [0.2, 0.25) is 11.8 Å². The third-order valence-corrected chi connectivity index (χ3v) is 8.58. The Morgan fingerprint density at radius 2 is 2.05 bits per heavy atom. The second-order valence-corrected chi connectivity index (χ2v) is 11.0. The van der Waals surface area contributed by atoms with Gasteiger partial charge < -0.3 is 15.0 Å². The standard InChI is InChI=1S/C27H24F2N4O5S/c1-12-17(28)8-19-24(30-11-39-19)21(12)15-6-16(7-15)31-27(37)38-10-14-3-2-13-9-33(26(36)22(13)23(14)29)18-4-5-20(34)32-25(18)35/h2-3,8,11,15-16,18H,4-7,9-10H2,1H3,(H,31,37)(H,32,34,35). The smallest absolute Gasteiger partial charge is 0.407 e. The van der Waals surface area contributed by atoms with Crippen molar-refractivity contribution in [2.24, 2.45) is 0 Å². The fourth-order valence-electron chi connectivity index (χ4n) is 5.68. The maximum atomic E-state index is 15.3. The van der Waals surface area contributed by atoms with Gasteiger partial charge in [0.25, 0.3) is 5.91 Å². The van der Waals surface area contributed by atoms with Gasteiger partial charge in [0.1, 0.15) is 24.3 Å². The van der Waals surface area contributed by atoms with Gasteiger partial charge in [0, 0.05) is 24.6 Å². The highest BCUT2D eigenvalue weighted by molar-refractivity contribution is 7.16. The molecule has 2 aliphatic heterocycles. The number of ether oxygens (including phenoxy) is 1. The number of imide groups is 1. The van der Waals surface area contributed by atoms with Crippen LogP contribution < -0.4 is 10.6 Å². The Labute approximate surface area is 225 Å². The molecule has 3 aliphatic rings. The molecule has 9 nitrogen and oxygen atoms in total. The van der Waals surface area contributed by atoms with E-state index in [2.05, 4.69) is 15.6 Å². The van der Waals surface area contributed by atoms with E-state index in [4.69, 9.17) is 4.74 Å². The molecule has 39 heavy (non-hydrogen) atoms. The average molecular weight is 555 g/mol. The summed E-state index contributed by atoms with van der Waals surface area (Å²) in [7, 11) is 0. The summed E-state index contributed by atoms with van der Waals surface area (Å²) in [5.41, 5.74) is 4.24. The maximum Gasteiger partial charge on any atom is 0.407 e. The lowest BCUT2D eigenvalue weighted by Crippen LogP contribution is -2.52. The van der Waals surface area contributed by atoms with Crippen molar-refractivity contribution in [3.8, 4) is 0 Å². The zero-order chi connectivity index (χ0) is 27.4. The molecule has 12 heteroatoms. The lowest BCUT2D eigenvalue weighted by molar-refractivity contribution is -0.136. The number of nitrogens with zero attached hydrogens (tertiary/aromatic N) is 2. The normalized spacial score (nSPS) is 22.5. The number of carbonyl (C=O) groups is 4. The average Bonchev–Trinajstić information content (AvgIpc) is 3.46. The third kappa shape index (κ3) is 4.42. The Bertz CT molecular complexity index is 1550. The summed E-state index contributed by atoms with van der Waals surface area (Å²) in [6.45, 7) is 1.41. The molecule has 3 heterocycles. The molecule has 3 aromatic rings. The van der Waals surface area contributed by atoms with Crippen molar-refractivity contribution in [3.63, 3.8) is 0 Å². The molecular weight excluding hydrogens is 530 g/mol. The molecular formula is C27H24F2N4O5S. The zero-order valence-corrected chi connectivity index (χ0v) is 21.7. The first-order valence-electron chi connectivity index (χ1n) is 12.6. The van der Waals surface area contributed by atoms with Gasteiger partial charge in [-0.1, -0.05) is 12.1 Å². The summed E-state index contributed by atoms with van der Waals surface area (Å²) in [6, 6.07) is 3.51. The molecule has 2 fully saturated rings. The van der Waals surface area contributed by atoms with Gasteiger partial charge in [-0.2, -0.15) is 0 Å². The van der Waals surface area contributed by atoms with Gasteiger partial charge in [-0.3, -0.25) is 19.7 Å². The molecule has 1 saturated carbocycles. The number of benzene rings is 2. The fraction of sp³-hybridized carbons (Fsp3) is 0.370. The highest BCUT2D eigenvalue weighted by Gasteiger charge is 2.41. The summed E-state index contributed by atoms with van der Waals surface area (Å²) >= 11 is 1.38. The number of amides is 4. The predicted octanol–water partition coefficient (Wildman–Crippen LogP) is 3.82. The molecule has 1 saturated heterocycles. The first-order chi connectivity index (χ1) is 18.7. The van der Waals surface area contributed by atoms with Crippen molar-refractivity contribution in [2.75, 3.05) is 0 Å². The van der Waals surface area contributed by atoms with Gasteiger partial charge in [-0.15, -0.1) is 11.3 Å². The van der Waals surface area contributed by atoms with Crippen LogP contribution in [0.4, 0.5) is 13.6 Å². The first-order valence-corrected chi connectivity index (χ1v) is 13.5. The summed E-state index contributed by atoms with van der Waals surface area (Å²) in [5, 5.41) is 4.97. The van der Waals surface area contributed by atoms with Gasteiger partial charge in [0.15, 0.2) is 0 Å². The molecule has 1 unspecified atom stereocenters. The minimum absolute atomic E-state index is 0.0372. The molecule has 2 N–H and O–H groups in total. The van der Waals surface area contributed by atoms with Crippen molar-refractivity contribution in [1.29, 1.82) is 0 Å². The van der Waals surface area contributed by atoms with Crippen LogP contribution in [0.3, 0.4) is 0 Å². The topological polar surface area (TPSA) is 118 Å². The van der Waals surface area contributed by atoms with Crippen molar-refractivity contribution >= 4 is 45.4 Å². The van der Waals surface area contributed by atoms with Crippen LogP contribution in [-0.4, -0.2) is 45.8 Å². The Hall–Kier alpha value is -3.93. The van der Waals surface area contributed by atoms with Crippen LogP contribution in [0.5, 0.6) is 0 Å². The minimum atomic E-state index is -0.846. The molecule has 1 aromatic heterocycles. The number of fused-ring (bicyclic) bond motifs is 2. The van der Waals surface area contributed by atoms with E-state index in [9.17, 15) is 23.6 Å². The summed E-state index contributed by atoms with van der Waals surface area (Å²) < 4.78 is 35.7. The van der Waals surface area contributed by atoms with Crippen molar-refractivity contribution in [3.05, 3.63) is 63.2 Å². The molecule has 0 radical (unpaired) electrons. The van der Waals surface area contributed by atoms with Gasteiger partial charge in [-0.05, 0) is 54.9 Å². The Morgan fingerprint density at radius 3 is 2.82 bits per heavy atom. The summed E-state index contributed by atoms with van der Waals surface area (Å²) in [5.74, 6) is -2.61.